The van der Waals surface area contributed by atoms with E-state index in [0.717, 1.165) is 0 Å². The van der Waals surface area contributed by atoms with Crippen molar-refractivity contribution in [3.05, 3.63) is 47.5 Å². The normalized spacial score (nSPS) is 11.4. The first-order chi connectivity index (χ1) is 9.26. The Bertz CT molecular complexity index is 695. The minimum absolute atomic E-state index is 0.236. The summed E-state index contributed by atoms with van der Waals surface area (Å²) < 4.78 is 39.2. The van der Waals surface area contributed by atoms with Gasteiger partial charge in [-0.05, 0) is 46.6 Å². The predicted molar refractivity (Wildman–Crippen MR) is 65.6 cm³/mol. The van der Waals surface area contributed by atoms with Crippen LogP contribution in [0.5, 0.6) is 0 Å². The lowest BCUT2D eigenvalue weighted by Gasteiger charge is -2.08. The maximum atomic E-state index is 12.0. The second-order valence-electron chi connectivity index (χ2n) is 3.89. The molecule has 104 valence electrons. The van der Waals surface area contributed by atoms with E-state index in [1.54, 1.807) is 0 Å². The van der Waals surface area contributed by atoms with E-state index in [-0.39, 0.29) is 11.1 Å². The third-order valence-electron chi connectivity index (χ3n) is 2.51. The number of hydrogen-bond donors (Lipinski definition) is 0. The summed E-state index contributed by atoms with van der Waals surface area (Å²) in [5, 5.41) is 0.413. The summed E-state index contributed by atoms with van der Waals surface area (Å²) in [5.74, 6) is -1.49. The maximum Gasteiger partial charge on any atom is 0.575 e. The smallest absolute Gasteiger partial charge is 0.369 e. The molecule has 0 aliphatic rings. The third-order valence-corrected chi connectivity index (χ3v) is 2.73. The number of esters is 1. The van der Waals surface area contributed by atoms with Crippen LogP contribution in [0.1, 0.15) is 20.7 Å². The summed E-state index contributed by atoms with van der Waals surface area (Å²) in [4.78, 5) is 22.2. The van der Waals surface area contributed by atoms with Gasteiger partial charge in [0.15, 0.2) is 0 Å². The third kappa shape index (κ3) is 3.27. The predicted octanol–water partition coefficient (Wildman–Crippen LogP) is 3.90. The van der Waals surface area contributed by atoms with Crippen molar-refractivity contribution in [2.75, 3.05) is 0 Å². The number of rotatable bonds is 2. The highest BCUT2D eigenvalue weighted by molar-refractivity contribution is 6.67. The molecule has 7 heteroatoms. The van der Waals surface area contributed by atoms with Gasteiger partial charge in [-0.1, -0.05) is 12.1 Å². The van der Waals surface area contributed by atoms with Gasteiger partial charge in [-0.15, -0.1) is 13.2 Å². The van der Waals surface area contributed by atoms with Crippen molar-refractivity contribution in [3.8, 4) is 0 Å². The Labute approximate surface area is 115 Å². The van der Waals surface area contributed by atoms with Crippen molar-refractivity contribution in [1.82, 2.24) is 0 Å². The molecular formula is C13H6ClF3O3. The number of carbonyl (C=O) groups is 2. The molecule has 2 aromatic carbocycles. The molecule has 0 fully saturated rings. The number of fused-ring (bicyclic) bond motifs is 1. The van der Waals surface area contributed by atoms with Crippen molar-refractivity contribution in [2.24, 2.45) is 0 Å². The fourth-order valence-corrected chi connectivity index (χ4v) is 1.78. The van der Waals surface area contributed by atoms with Crippen LogP contribution in [-0.2, 0) is 4.74 Å². The zero-order valence-corrected chi connectivity index (χ0v) is 10.5. The Morgan fingerprint density at radius 2 is 1.45 bits per heavy atom. The van der Waals surface area contributed by atoms with Gasteiger partial charge in [0.2, 0.25) is 0 Å². The molecular weight excluding hydrogens is 297 g/mol. The summed E-state index contributed by atoms with van der Waals surface area (Å²) >= 11 is 5.32. The van der Waals surface area contributed by atoms with Crippen molar-refractivity contribution in [2.45, 2.75) is 6.36 Å². The molecule has 20 heavy (non-hydrogen) atoms. The summed E-state index contributed by atoms with van der Waals surface area (Å²) in [6.07, 6.45) is -5.03. The summed E-state index contributed by atoms with van der Waals surface area (Å²) in [7, 11) is 0. The molecule has 0 radical (unpaired) electrons. The largest absolute Gasteiger partial charge is 0.575 e. The first-order valence-electron chi connectivity index (χ1n) is 5.30. The molecule has 3 nitrogen and oxygen atoms in total. The summed E-state index contributed by atoms with van der Waals surface area (Å²) in [5.41, 5.74) is 0.0181. The van der Waals surface area contributed by atoms with Gasteiger partial charge in [-0.3, -0.25) is 4.79 Å². The first kappa shape index (κ1) is 14.3. The van der Waals surface area contributed by atoms with E-state index in [1.807, 2.05) is 0 Å². The van der Waals surface area contributed by atoms with Gasteiger partial charge < -0.3 is 4.74 Å². The summed E-state index contributed by atoms with van der Waals surface area (Å²) in [6, 6.07) is 8.20. The molecule has 0 spiro atoms. The van der Waals surface area contributed by atoms with Gasteiger partial charge in [0, 0.05) is 5.56 Å². The zero-order valence-electron chi connectivity index (χ0n) is 9.70. The lowest BCUT2D eigenvalue weighted by atomic mass is 10.0. The minimum Gasteiger partial charge on any atom is -0.369 e. The van der Waals surface area contributed by atoms with Crippen LogP contribution >= 0.6 is 11.6 Å². The molecule has 0 heterocycles. The van der Waals surface area contributed by atoms with Crippen LogP contribution in [0.15, 0.2) is 36.4 Å². The monoisotopic (exact) mass is 302 g/mol. The van der Waals surface area contributed by atoms with E-state index in [0.29, 0.717) is 10.8 Å². The Hall–Kier alpha value is -2.08. The van der Waals surface area contributed by atoms with E-state index in [1.165, 1.54) is 36.4 Å². The van der Waals surface area contributed by atoms with Gasteiger partial charge >= 0.3 is 12.3 Å². The SMILES string of the molecule is O=C(Cl)c1ccc2cc(C(=O)OC(F)(F)F)ccc2c1. The average molecular weight is 303 g/mol. The van der Waals surface area contributed by atoms with E-state index in [9.17, 15) is 22.8 Å². The highest BCUT2D eigenvalue weighted by Crippen LogP contribution is 2.22. The molecule has 0 saturated heterocycles. The molecule has 0 aliphatic carbocycles. The van der Waals surface area contributed by atoms with Gasteiger partial charge in [0.25, 0.3) is 5.24 Å². The van der Waals surface area contributed by atoms with Crippen molar-refractivity contribution in [1.29, 1.82) is 0 Å². The second-order valence-corrected chi connectivity index (χ2v) is 4.23. The van der Waals surface area contributed by atoms with Gasteiger partial charge in [0.05, 0.1) is 5.56 Å². The number of alkyl halides is 3. The Balaban J connectivity index is 2.37. The maximum absolute atomic E-state index is 12.0. The van der Waals surface area contributed by atoms with E-state index in [4.69, 9.17) is 11.6 Å². The van der Waals surface area contributed by atoms with E-state index >= 15 is 0 Å². The van der Waals surface area contributed by atoms with Crippen molar-refractivity contribution in [3.63, 3.8) is 0 Å². The zero-order chi connectivity index (χ0) is 14.9. The standard InChI is InChI=1S/C13H6ClF3O3/c14-11(18)9-3-1-8-6-10(4-2-7(8)5-9)12(19)20-13(15,16)17/h1-6H. The Morgan fingerprint density at radius 1 is 0.950 bits per heavy atom. The fourth-order valence-electron chi connectivity index (χ4n) is 1.66. The van der Waals surface area contributed by atoms with Crippen LogP contribution in [0.2, 0.25) is 0 Å². The average Bonchev–Trinajstić information content (AvgIpc) is 2.35. The van der Waals surface area contributed by atoms with Gasteiger partial charge in [0.1, 0.15) is 0 Å². The molecule has 0 amide bonds. The van der Waals surface area contributed by atoms with E-state index in [2.05, 4.69) is 4.74 Å². The number of benzene rings is 2. The Morgan fingerprint density at radius 3 is 1.95 bits per heavy atom. The topological polar surface area (TPSA) is 43.4 Å². The molecule has 0 aromatic heterocycles. The number of ether oxygens (including phenoxy) is 1. The van der Waals surface area contributed by atoms with Crippen molar-refractivity contribution >= 4 is 33.6 Å². The first-order valence-corrected chi connectivity index (χ1v) is 5.68. The summed E-state index contributed by atoms with van der Waals surface area (Å²) in [6.45, 7) is 0. The van der Waals surface area contributed by atoms with E-state index < -0.39 is 17.6 Å². The van der Waals surface area contributed by atoms with Crippen LogP contribution in [0.3, 0.4) is 0 Å². The molecule has 2 aromatic rings. The molecule has 0 N–H and O–H groups in total. The number of carbonyl (C=O) groups excluding carboxylic acids is 2. The lowest BCUT2D eigenvalue weighted by Crippen LogP contribution is -2.19. The lowest BCUT2D eigenvalue weighted by molar-refractivity contribution is -0.291. The van der Waals surface area contributed by atoms with Crippen LogP contribution in [0, 0.1) is 0 Å². The molecule has 0 atom stereocenters. The minimum atomic E-state index is -5.03. The highest BCUT2D eigenvalue weighted by Gasteiger charge is 2.34. The quantitative estimate of drug-likeness (QED) is 0.624. The number of hydrogen-bond acceptors (Lipinski definition) is 3. The van der Waals surface area contributed by atoms with Crippen molar-refractivity contribution < 1.29 is 27.5 Å². The highest BCUT2D eigenvalue weighted by atomic mass is 35.5. The van der Waals surface area contributed by atoms with Gasteiger partial charge in [-0.2, -0.15) is 0 Å². The Kier molecular flexibility index (Phi) is 3.67. The van der Waals surface area contributed by atoms with Crippen LogP contribution in [-0.4, -0.2) is 17.6 Å². The van der Waals surface area contributed by atoms with Gasteiger partial charge in [-0.25, -0.2) is 4.79 Å². The fraction of sp³-hybridized carbons (Fsp3) is 0.0769. The van der Waals surface area contributed by atoms with Crippen LogP contribution < -0.4 is 0 Å². The molecule has 0 bridgehead atoms. The molecule has 0 unspecified atom stereocenters. The molecule has 2 rings (SSSR count). The molecule has 0 saturated carbocycles. The second kappa shape index (κ2) is 5.13. The molecule has 0 aliphatic heterocycles. The van der Waals surface area contributed by atoms with Crippen LogP contribution in [0.25, 0.3) is 10.8 Å². The number of halogens is 4. The van der Waals surface area contributed by atoms with Crippen LogP contribution in [0.4, 0.5) is 13.2 Å².